The van der Waals surface area contributed by atoms with Crippen LogP contribution in [0.15, 0.2) is 18.2 Å². The summed E-state index contributed by atoms with van der Waals surface area (Å²) in [5.41, 5.74) is 0.704. The fraction of sp³-hybridized carbons (Fsp3) is 0.647. The molecule has 1 N–H and O–H groups in total. The molecular weight excluding hydrogens is 273 g/mol. The molecule has 1 aliphatic carbocycles. The van der Waals surface area contributed by atoms with Crippen molar-refractivity contribution in [2.45, 2.75) is 63.8 Å². The smallest absolute Gasteiger partial charge is 0.145 e. The van der Waals surface area contributed by atoms with Crippen LogP contribution < -0.4 is 5.32 Å². The first-order valence-electron chi connectivity index (χ1n) is 7.73. The molecule has 1 aliphatic rings. The van der Waals surface area contributed by atoms with E-state index >= 15 is 0 Å². The summed E-state index contributed by atoms with van der Waals surface area (Å²) in [5, 5.41) is 3.77. The second-order valence-corrected chi connectivity index (χ2v) is 6.74. The van der Waals surface area contributed by atoms with Crippen molar-refractivity contribution in [3.63, 3.8) is 0 Å². The van der Waals surface area contributed by atoms with Gasteiger partial charge in [0.2, 0.25) is 0 Å². The fourth-order valence-electron chi connectivity index (χ4n) is 3.26. The standard InChI is InChI=1S/C17H25ClFN/c1-13(2)20-12-17(10-5-3-4-6-11-17)14-8-7-9-15(18)16(14)19/h7-9,13,20H,3-6,10-12H2,1-2H3. The Bertz CT molecular complexity index is 437. The Morgan fingerprint density at radius 3 is 2.45 bits per heavy atom. The highest BCUT2D eigenvalue weighted by atomic mass is 35.5. The lowest BCUT2D eigenvalue weighted by molar-refractivity contribution is 0.324. The molecule has 0 aliphatic heterocycles. The average Bonchev–Trinajstić information content (AvgIpc) is 2.66. The van der Waals surface area contributed by atoms with Gasteiger partial charge in [-0.3, -0.25) is 0 Å². The molecule has 1 saturated carbocycles. The first-order chi connectivity index (χ1) is 9.55. The summed E-state index contributed by atoms with van der Waals surface area (Å²) in [6.45, 7) is 5.11. The van der Waals surface area contributed by atoms with E-state index in [4.69, 9.17) is 11.6 Å². The van der Waals surface area contributed by atoms with Crippen molar-refractivity contribution in [3.8, 4) is 0 Å². The zero-order valence-electron chi connectivity index (χ0n) is 12.5. The molecule has 0 aromatic heterocycles. The number of hydrogen-bond acceptors (Lipinski definition) is 1. The molecule has 2 rings (SSSR count). The van der Waals surface area contributed by atoms with Crippen molar-refractivity contribution in [2.75, 3.05) is 6.54 Å². The van der Waals surface area contributed by atoms with Crippen molar-refractivity contribution >= 4 is 11.6 Å². The third-order valence-corrected chi connectivity index (χ3v) is 4.72. The second kappa shape index (κ2) is 6.91. The fourth-order valence-corrected chi connectivity index (χ4v) is 3.43. The van der Waals surface area contributed by atoms with Crippen LogP contribution >= 0.6 is 11.6 Å². The van der Waals surface area contributed by atoms with Gasteiger partial charge >= 0.3 is 0 Å². The van der Waals surface area contributed by atoms with Crippen molar-refractivity contribution in [1.82, 2.24) is 5.32 Å². The molecule has 0 spiro atoms. The third kappa shape index (κ3) is 3.53. The molecular formula is C17H25ClFN. The van der Waals surface area contributed by atoms with Crippen LogP contribution in [0.5, 0.6) is 0 Å². The van der Waals surface area contributed by atoms with Gasteiger partial charge in [-0.1, -0.05) is 63.3 Å². The third-order valence-electron chi connectivity index (χ3n) is 4.43. The average molecular weight is 298 g/mol. The van der Waals surface area contributed by atoms with Gasteiger partial charge in [0.05, 0.1) is 5.02 Å². The molecule has 0 unspecified atom stereocenters. The molecule has 0 saturated heterocycles. The minimum atomic E-state index is -0.221. The van der Waals surface area contributed by atoms with Crippen LogP contribution in [0.4, 0.5) is 4.39 Å². The van der Waals surface area contributed by atoms with Gasteiger partial charge in [0.1, 0.15) is 5.82 Å². The van der Waals surface area contributed by atoms with Crippen molar-refractivity contribution in [1.29, 1.82) is 0 Å². The second-order valence-electron chi connectivity index (χ2n) is 6.33. The maximum atomic E-state index is 14.5. The minimum Gasteiger partial charge on any atom is -0.314 e. The summed E-state index contributed by atoms with van der Waals surface area (Å²) in [5.74, 6) is -0.221. The van der Waals surface area contributed by atoms with Crippen molar-refractivity contribution in [2.24, 2.45) is 0 Å². The lowest BCUT2D eigenvalue weighted by atomic mass is 9.74. The van der Waals surface area contributed by atoms with E-state index in [1.807, 2.05) is 12.1 Å². The molecule has 1 nitrogen and oxygen atoms in total. The summed E-state index contributed by atoms with van der Waals surface area (Å²) in [7, 11) is 0. The van der Waals surface area contributed by atoms with E-state index in [-0.39, 0.29) is 16.3 Å². The predicted molar refractivity (Wildman–Crippen MR) is 83.9 cm³/mol. The zero-order chi connectivity index (χ0) is 14.6. The van der Waals surface area contributed by atoms with Crippen LogP contribution in [-0.2, 0) is 5.41 Å². The molecule has 0 radical (unpaired) electrons. The predicted octanol–water partition coefficient (Wildman–Crippen LogP) is 5.07. The molecule has 1 fully saturated rings. The first-order valence-corrected chi connectivity index (χ1v) is 8.11. The van der Waals surface area contributed by atoms with Crippen LogP contribution in [0.1, 0.15) is 57.9 Å². The maximum absolute atomic E-state index is 14.5. The molecule has 112 valence electrons. The van der Waals surface area contributed by atoms with E-state index < -0.39 is 0 Å². The number of benzene rings is 1. The van der Waals surface area contributed by atoms with Gasteiger partial charge in [0.15, 0.2) is 0 Å². The SMILES string of the molecule is CC(C)NCC1(c2cccc(Cl)c2F)CCCCCC1. The van der Waals surface area contributed by atoms with Crippen LogP contribution in [0.3, 0.4) is 0 Å². The van der Waals surface area contributed by atoms with Crippen LogP contribution in [0.25, 0.3) is 0 Å². The Balaban J connectivity index is 2.36. The molecule has 0 bridgehead atoms. The topological polar surface area (TPSA) is 12.0 Å². The monoisotopic (exact) mass is 297 g/mol. The van der Waals surface area contributed by atoms with Gasteiger partial charge in [-0.2, -0.15) is 0 Å². The largest absolute Gasteiger partial charge is 0.314 e. The first kappa shape index (κ1) is 15.8. The van der Waals surface area contributed by atoms with Gasteiger partial charge in [-0.05, 0) is 24.5 Å². The van der Waals surface area contributed by atoms with E-state index in [1.165, 1.54) is 25.7 Å². The molecule has 0 amide bonds. The van der Waals surface area contributed by atoms with Crippen LogP contribution in [-0.4, -0.2) is 12.6 Å². The number of rotatable bonds is 4. The Morgan fingerprint density at radius 2 is 1.85 bits per heavy atom. The number of nitrogens with one attached hydrogen (secondary N) is 1. The Labute approximate surface area is 126 Å². The Hall–Kier alpha value is -0.600. The Kier molecular flexibility index (Phi) is 5.45. The van der Waals surface area contributed by atoms with Crippen molar-refractivity contribution < 1.29 is 4.39 Å². The summed E-state index contributed by atoms with van der Waals surface area (Å²) in [6, 6.07) is 5.86. The van der Waals surface area contributed by atoms with E-state index in [0.29, 0.717) is 6.04 Å². The quantitative estimate of drug-likeness (QED) is 0.765. The van der Waals surface area contributed by atoms with Gasteiger partial charge in [0, 0.05) is 18.0 Å². The zero-order valence-corrected chi connectivity index (χ0v) is 13.3. The summed E-state index contributed by atoms with van der Waals surface area (Å²) in [4.78, 5) is 0. The van der Waals surface area contributed by atoms with Crippen LogP contribution in [0, 0.1) is 5.82 Å². The van der Waals surface area contributed by atoms with E-state index in [0.717, 1.165) is 24.9 Å². The van der Waals surface area contributed by atoms with Gasteiger partial charge in [-0.25, -0.2) is 4.39 Å². The van der Waals surface area contributed by atoms with E-state index in [2.05, 4.69) is 19.2 Å². The molecule has 3 heteroatoms. The molecule has 1 aromatic rings. The highest BCUT2D eigenvalue weighted by Crippen LogP contribution is 2.40. The van der Waals surface area contributed by atoms with Crippen LogP contribution in [0.2, 0.25) is 5.02 Å². The summed E-state index contributed by atoms with van der Waals surface area (Å²) >= 11 is 6.00. The van der Waals surface area contributed by atoms with Crippen molar-refractivity contribution in [3.05, 3.63) is 34.6 Å². The minimum absolute atomic E-state index is 0.101. The van der Waals surface area contributed by atoms with E-state index in [9.17, 15) is 4.39 Å². The highest BCUT2D eigenvalue weighted by Gasteiger charge is 2.35. The van der Waals surface area contributed by atoms with E-state index in [1.54, 1.807) is 6.07 Å². The summed E-state index contributed by atoms with van der Waals surface area (Å²) < 4.78 is 14.5. The summed E-state index contributed by atoms with van der Waals surface area (Å²) in [6.07, 6.45) is 6.95. The lowest BCUT2D eigenvalue weighted by Crippen LogP contribution is -2.41. The van der Waals surface area contributed by atoms with Gasteiger partial charge < -0.3 is 5.32 Å². The highest BCUT2D eigenvalue weighted by molar-refractivity contribution is 6.30. The molecule has 20 heavy (non-hydrogen) atoms. The lowest BCUT2D eigenvalue weighted by Gasteiger charge is -2.35. The normalized spacial score (nSPS) is 19.1. The number of halogens is 2. The van der Waals surface area contributed by atoms with Gasteiger partial charge in [-0.15, -0.1) is 0 Å². The van der Waals surface area contributed by atoms with Gasteiger partial charge in [0.25, 0.3) is 0 Å². The molecule has 0 heterocycles. The Morgan fingerprint density at radius 1 is 1.20 bits per heavy atom. The maximum Gasteiger partial charge on any atom is 0.145 e. The molecule has 0 atom stereocenters. The molecule has 1 aromatic carbocycles. The number of hydrogen-bond donors (Lipinski definition) is 1.